The molecule has 0 radical (unpaired) electrons. The Bertz CT molecular complexity index is 1510. The van der Waals surface area contributed by atoms with Crippen molar-refractivity contribution in [2.75, 3.05) is 19.8 Å². The number of allylic oxidation sites excluding steroid dienone is 3. The van der Waals surface area contributed by atoms with Crippen molar-refractivity contribution in [2.45, 2.75) is 126 Å². The summed E-state index contributed by atoms with van der Waals surface area (Å²) in [6, 6.07) is 8.38. The van der Waals surface area contributed by atoms with Gasteiger partial charge in [-0.3, -0.25) is 0 Å². The second kappa shape index (κ2) is 18.3. The van der Waals surface area contributed by atoms with Crippen LogP contribution in [0.4, 0.5) is 0 Å². The molecule has 15 nitrogen and oxygen atoms in total. The molecule has 2 aliphatic rings. The maximum absolute atomic E-state index is 11.5. The van der Waals surface area contributed by atoms with Gasteiger partial charge in [-0.05, 0) is 77.7 Å². The van der Waals surface area contributed by atoms with Gasteiger partial charge in [-0.15, -0.1) is 0 Å². The number of fused-ring (bicyclic) bond motifs is 1. The number of rotatable bonds is 16. The summed E-state index contributed by atoms with van der Waals surface area (Å²) < 4.78 is 34.1. The first kappa shape index (κ1) is 41.0. The van der Waals surface area contributed by atoms with E-state index >= 15 is 0 Å². The molecule has 0 saturated carbocycles. The molecule has 0 unspecified atom stereocenters. The Balaban J connectivity index is 1.34. The first-order valence-corrected chi connectivity index (χ1v) is 17.1. The van der Waals surface area contributed by atoms with E-state index in [4.69, 9.17) is 28.1 Å². The number of benzene rings is 1. The zero-order valence-corrected chi connectivity index (χ0v) is 29.3. The smallest absolute Gasteiger partial charge is 0.336 e. The quantitative estimate of drug-likeness (QED) is 0.0864. The first-order valence-electron chi connectivity index (χ1n) is 17.1. The van der Waals surface area contributed by atoms with E-state index in [1.165, 1.54) is 19.9 Å². The van der Waals surface area contributed by atoms with E-state index in [2.05, 4.69) is 6.08 Å². The van der Waals surface area contributed by atoms with E-state index in [0.29, 0.717) is 30.8 Å². The molecule has 0 bridgehead atoms. The van der Waals surface area contributed by atoms with Crippen LogP contribution in [-0.4, -0.2) is 134 Å². The molecular weight excluding hydrogens is 672 g/mol. The van der Waals surface area contributed by atoms with Crippen LogP contribution in [0.25, 0.3) is 11.0 Å². The molecule has 286 valence electrons. The van der Waals surface area contributed by atoms with Crippen LogP contribution < -0.4 is 10.4 Å². The number of hydrogen-bond donors (Lipinski definition) is 8. The summed E-state index contributed by atoms with van der Waals surface area (Å²) in [6.45, 7) is 5.97. The maximum atomic E-state index is 11.5. The zero-order chi connectivity index (χ0) is 37.5. The number of ether oxygens (including phenoxy) is 5. The summed E-state index contributed by atoms with van der Waals surface area (Å²) in [7, 11) is 0. The third-order valence-corrected chi connectivity index (χ3v) is 9.16. The summed E-state index contributed by atoms with van der Waals surface area (Å²) >= 11 is 0. The van der Waals surface area contributed by atoms with Crippen molar-refractivity contribution < 1.29 is 69.0 Å². The van der Waals surface area contributed by atoms with Crippen LogP contribution in [0.5, 0.6) is 5.75 Å². The monoisotopic (exact) mass is 724 g/mol. The minimum absolute atomic E-state index is 0.301. The van der Waals surface area contributed by atoms with Gasteiger partial charge in [-0.25, -0.2) is 4.79 Å². The molecule has 2 saturated heterocycles. The van der Waals surface area contributed by atoms with E-state index in [-0.39, 0.29) is 0 Å². The van der Waals surface area contributed by atoms with Gasteiger partial charge >= 0.3 is 5.63 Å². The molecule has 15 heteroatoms. The van der Waals surface area contributed by atoms with E-state index in [9.17, 15) is 45.6 Å². The van der Waals surface area contributed by atoms with Crippen LogP contribution >= 0.6 is 0 Å². The standard InChI is InChI=1S/C36H52O15/c1-19(6-5-7-20(2)14-15-46-22-11-9-21-10-13-27(39)47-23(21)16-22)8-12-26(36(3,4)45)50-35-33(31(43)29(41)25(18-38)49-35)51-34-32(44)30(42)28(40)24(17-37)48-34/h6,9-11,13-14,16,24-26,28-35,37-38,40-45H,5,7-8,12,15,17-18H2,1-4H3/b19-6+,20-14+/t24-,25-,26+,28-,29-,30+,31+,32-,33-,34+,35+/m1/s1. The van der Waals surface area contributed by atoms with Crippen molar-refractivity contribution in [3.63, 3.8) is 0 Å². The number of aliphatic hydroxyl groups is 8. The molecule has 1 aromatic heterocycles. The molecule has 0 aliphatic carbocycles. The SMILES string of the molecule is C/C(=C\COc1ccc2ccc(=O)oc2c1)CC/C=C(\C)CC[C@H](O[C@@H]1O[C@H](CO)[C@@H](O)[C@H](O)[C@H]1O[C@@H]1O[C@H](CO)[C@@H](O)[C@H](O)[C@H]1O)C(C)(C)O. The van der Waals surface area contributed by atoms with Gasteiger partial charge in [0.1, 0.15) is 66.8 Å². The average molecular weight is 725 g/mol. The van der Waals surface area contributed by atoms with Gasteiger partial charge in [0, 0.05) is 17.5 Å². The molecule has 0 amide bonds. The van der Waals surface area contributed by atoms with Crippen molar-refractivity contribution in [1.29, 1.82) is 0 Å². The lowest BCUT2D eigenvalue weighted by molar-refractivity contribution is -0.375. The second-order valence-corrected chi connectivity index (χ2v) is 13.7. The Hall–Kier alpha value is -2.77. The highest BCUT2D eigenvalue weighted by Gasteiger charge is 2.51. The van der Waals surface area contributed by atoms with E-state index in [1.54, 1.807) is 12.1 Å². The fourth-order valence-electron chi connectivity index (χ4n) is 5.92. The van der Waals surface area contributed by atoms with E-state index < -0.39 is 92.0 Å². The molecule has 11 atom stereocenters. The van der Waals surface area contributed by atoms with Crippen LogP contribution in [0.2, 0.25) is 0 Å². The number of aliphatic hydroxyl groups excluding tert-OH is 7. The molecule has 1 aromatic carbocycles. The van der Waals surface area contributed by atoms with Crippen LogP contribution in [0.3, 0.4) is 0 Å². The summed E-state index contributed by atoms with van der Waals surface area (Å²) in [4.78, 5) is 11.5. The highest BCUT2D eigenvalue weighted by Crippen LogP contribution is 2.32. The Labute approximate surface area is 295 Å². The second-order valence-electron chi connectivity index (χ2n) is 13.7. The van der Waals surface area contributed by atoms with Gasteiger partial charge in [0.05, 0.1) is 24.9 Å². The Kier molecular flexibility index (Phi) is 14.7. The van der Waals surface area contributed by atoms with Crippen LogP contribution in [0.1, 0.15) is 53.4 Å². The molecule has 2 aromatic rings. The molecular formula is C36H52O15. The lowest BCUT2D eigenvalue weighted by Gasteiger charge is -2.47. The third kappa shape index (κ3) is 10.9. The van der Waals surface area contributed by atoms with Crippen molar-refractivity contribution in [2.24, 2.45) is 0 Å². The summed E-state index contributed by atoms with van der Waals surface area (Å²) in [5.41, 5.74) is 0.741. The molecule has 0 spiro atoms. The van der Waals surface area contributed by atoms with Crippen LogP contribution in [0, 0.1) is 0 Å². The Morgan fingerprint density at radius 2 is 1.47 bits per heavy atom. The summed E-state index contributed by atoms with van der Waals surface area (Å²) in [5, 5.41) is 83.5. The van der Waals surface area contributed by atoms with Crippen LogP contribution in [0.15, 0.2) is 62.8 Å². The molecule has 51 heavy (non-hydrogen) atoms. The minimum atomic E-state index is -1.80. The molecule has 2 fully saturated rings. The normalized spacial score (nSPS) is 31.5. The lowest BCUT2D eigenvalue weighted by atomic mass is 9.94. The average Bonchev–Trinajstić information content (AvgIpc) is 3.08. The Morgan fingerprint density at radius 1 is 0.843 bits per heavy atom. The van der Waals surface area contributed by atoms with Gasteiger partial charge in [0.2, 0.25) is 0 Å². The maximum Gasteiger partial charge on any atom is 0.336 e. The topological polar surface area (TPSA) is 238 Å². The highest BCUT2D eigenvalue weighted by molar-refractivity contribution is 5.77. The fourth-order valence-corrected chi connectivity index (χ4v) is 5.92. The Morgan fingerprint density at radius 3 is 2.14 bits per heavy atom. The predicted octanol–water partition coefficient (Wildman–Crippen LogP) is 0.405. The van der Waals surface area contributed by atoms with Gasteiger partial charge < -0.3 is 69.0 Å². The van der Waals surface area contributed by atoms with E-state index in [1.807, 2.05) is 32.1 Å². The van der Waals surface area contributed by atoms with Gasteiger partial charge in [0.25, 0.3) is 0 Å². The summed E-state index contributed by atoms with van der Waals surface area (Å²) in [5.74, 6) is 0.586. The van der Waals surface area contributed by atoms with Gasteiger partial charge in [-0.2, -0.15) is 0 Å². The van der Waals surface area contributed by atoms with Crippen molar-refractivity contribution >= 4 is 11.0 Å². The van der Waals surface area contributed by atoms with Crippen molar-refractivity contribution in [3.05, 3.63) is 64.1 Å². The van der Waals surface area contributed by atoms with Crippen molar-refractivity contribution in [3.8, 4) is 5.75 Å². The minimum Gasteiger partial charge on any atom is -0.489 e. The molecule has 2 aliphatic heterocycles. The highest BCUT2D eigenvalue weighted by atomic mass is 16.8. The number of hydrogen-bond acceptors (Lipinski definition) is 15. The lowest BCUT2D eigenvalue weighted by Crippen LogP contribution is -2.65. The summed E-state index contributed by atoms with van der Waals surface area (Å²) in [6.07, 6.45) is -10.4. The van der Waals surface area contributed by atoms with Gasteiger partial charge in [-0.1, -0.05) is 17.2 Å². The molecule has 8 N–H and O–H groups in total. The van der Waals surface area contributed by atoms with Crippen molar-refractivity contribution in [1.82, 2.24) is 0 Å². The predicted molar refractivity (Wildman–Crippen MR) is 182 cm³/mol. The van der Waals surface area contributed by atoms with Crippen LogP contribution in [-0.2, 0) is 18.9 Å². The third-order valence-electron chi connectivity index (χ3n) is 9.16. The zero-order valence-electron chi connectivity index (χ0n) is 29.3. The molecule has 3 heterocycles. The largest absolute Gasteiger partial charge is 0.489 e. The fraction of sp³-hybridized carbons (Fsp3) is 0.639. The first-order chi connectivity index (χ1) is 24.1. The van der Waals surface area contributed by atoms with Gasteiger partial charge in [0.15, 0.2) is 12.6 Å². The molecule has 4 rings (SSSR count). The van der Waals surface area contributed by atoms with E-state index in [0.717, 1.165) is 29.4 Å².